The van der Waals surface area contributed by atoms with Crippen LogP contribution in [0.1, 0.15) is 26.3 Å². The van der Waals surface area contributed by atoms with Crippen LogP contribution in [0.25, 0.3) is 6.08 Å². The number of amides is 1. The van der Waals surface area contributed by atoms with Crippen LogP contribution in [0.3, 0.4) is 0 Å². The van der Waals surface area contributed by atoms with E-state index in [1.807, 2.05) is 6.92 Å². The smallest absolute Gasteiger partial charge is 0.331 e. The first-order chi connectivity index (χ1) is 11.0. The quantitative estimate of drug-likeness (QED) is 0.587. The molecule has 23 heavy (non-hydrogen) atoms. The number of hydrogen-bond acceptors (Lipinski definition) is 5. The van der Waals surface area contributed by atoms with Gasteiger partial charge >= 0.3 is 5.97 Å². The Labute approximate surface area is 136 Å². The number of esters is 1. The Kier molecular flexibility index (Phi) is 7.66. The second kappa shape index (κ2) is 9.50. The van der Waals surface area contributed by atoms with Crippen LogP contribution < -0.4 is 14.8 Å². The van der Waals surface area contributed by atoms with E-state index >= 15 is 0 Å². The highest BCUT2D eigenvalue weighted by Crippen LogP contribution is 2.28. The van der Waals surface area contributed by atoms with Crippen LogP contribution in [0.5, 0.6) is 11.5 Å². The molecular formula is C17H23NO5. The van der Waals surface area contributed by atoms with Crippen molar-refractivity contribution in [1.82, 2.24) is 5.32 Å². The summed E-state index contributed by atoms with van der Waals surface area (Å²) in [4.78, 5) is 23.2. The van der Waals surface area contributed by atoms with E-state index in [2.05, 4.69) is 5.32 Å². The summed E-state index contributed by atoms with van der Waals surface area (Å²) in [6.45, 7) is 6.20. The molecule has 0 heterocycles. The molecule has 0 spiro atoms. The monoisotopic (exact) mass is 321 g/mol. The van der Waals surface area contributed by atoms with Crippen molar-refractivity contribution >= 4 is 18.0 Å². The molecule has 6 nitrogen and oxygen atoms in total. The minimum absolute atomic E-state index is 0.322. The van der Waals surface area contributed by atoms with Gasteiger partial charge in [-0.05, 0) is 44.5 Å². The minimum Gasteiger partial charge on any atom is -0.493 e. The Hall–Kier alpha value is -2.50. The Balaban J connectivity index is 2.71. The van der Waals surface area contributed by atoms with Gasteiger partial charge in [-0.2, -0.15) is 0 Å². The number of hydrogen-bond donors (Lipinski definition) is 1. The number of rotatable bonds is 8. The largest absolute Gasteiger partial charge is 0.493 e. The van der Waals surface area contributed by atoms with Crippen molar-refractivity contribution in [3.05, 3.63) is 29.8 Å². The predicted molar refractivity (Wildman–Crippen MR) is 87.4 cm³/mol. The third kappa shape index (κ3) is 6.02. The molecule has 0 saturated carbocycles. The van der Waals surface area contributed by atoms with Gasteiger partial charge in [0.15, 0.2) is 17.6 Å². The van der Waals surface area contributed by atoms with Crippen LogP contribution in [0, 0.1) is 0 Å². The summed E-state index contributed by atoms with van der Waals surface area (Å²) in [6.07, 6.45) is 2.03. The topological polar surface area (TPSA) is 73.9 Å². The summed E-state index contributed by atoms with van der Waals surface area (Å²) in [6, 6.07) is 5.31. The van der Waals surface area contributed by atoms with Gasteiger partial charge in [-0.15, -0.1) is 0 Å². The number of carbonyl (C=O) groups is 2. The van der Waals surface area contributed by atoms with Crippen LogP contribution in [0.2, 0.25) is 0 Å². The molecule has 0 unspecified atom stereocenters. The second-order valence-electron chi connectivity index (χ2n) is 4.65. The summed E-state index contributed by atoms with van der Waals surface area (Å²) in [7, 11) is 1.56. The zero-order valence-corrected chi connectivity index (χ0v) is 13.9. The lowest BCUT2D eigenvalue weighted by atomic mass is 10.2. The van der Waals surface area contributed by atoms with E-state index in [4.69, 9.17) is 14.2 Å². The number of nitrogens with one attached hydrogen (secondary N) is 1. The number of benzene rings is 1. The third-order valence-electron chi connectivity index (χ3n) is 2.91. The van der Waals surface area contributed by atoms with Crippen molar-refractivity contribution in [3.8, 4) is 11.5 Å². The number of carbonyl (C=O) groups excluding carboxylic acids is 2. The summed E-state index contributed by atoms with van der Waals surface area (Å²) in [5.41, 5.74) is 0.761. The maximum absolute atomic E-state index is 11.7. The molecule has 0 radical (unpaired) electrons. The zero-order valence-electron chi connectivity index (χ0n) is 13.9. The van der Waals surface area contributed by atoms with E-state index in [1.165, 1.54) is 13.0 Å². The van der Waals surface area contributed by atoms with Gasteiger partial charge in [0.05, 0.1) is 13.7 Å². The van der Waals surface area contributed by atoms with E-state index in [-0.39, 0.29) is 5.91 Å². The Morgan fingerprint density at radius 3 is 2.61 bits per heavy atom. The van der Waals surface area contributed by atoms with Gasteiger partial charge in [-0.25, -0.2) is 4.79 Å². The molecule has 0 aliphatic heterocycles. The molecular weight excluding hydrogens is 298 g/mol. The number of methoxy groups -OCH3 is 1. The van der Waals surface area contributed by atoms with Crippen LogP contribution in [-0.4, -0.2) is 38.2 Å². The average molecular weight is 321 g/mol. The van der Waals surface area contributed by atoms with Crippen molar-refractivity contribution in [2.24, 2.45) is 0 Å². The van der Waals surface area contributed by atoms with Crippen molar-refractivity contribution < 1.29 is 23.8 Å². The fraction of sp³-hybridized carbons (Fsp3) is 0.412. The molecule has 1 N–H and O–H groups in total. The lowest BCUT2D eigenvalue weighted by Gasteiger charge is -2.11. The average Bonchev–Trinajstić information content (AvgIpc) is 2.53. The normalized spacial score (nSPS) is 11.8. The SMILES string of the molecule is CCNC(=O)[C@@H](C)OC(=O)/C=C/c1ccc(OC)c(OCC)c1. The summed E-state index contributed by atoms with van der Waals surface area (Å²) < 4.78 is 15.7. The highest BCUT2D eigenvalue weighted by molar-refractivity contribution is 5.90. The molecule has 1 amide bonds. The van der Waals surface area contributed by atoms with Gasteiger partial charge in [-0.1, -0.05) is 6.07 Å². The van der Waals surface area contributed by atoms with Crippen molar-refractivity contribution in [3.63, 3.8) is 0 Å². The first kappa shape index (κ1) is 18.5. The number of ether oxygens (including phenoxy) is 3. The van der Waals surface area contributed by atoms with E-state index in [0.29, 0.717) is 24.7 Å². The van der Waals surface area contributed by atoms with Crippen molar-refractivity contribution in [1.29, 1.82) is 0 Å². The fourth-order valence-electron chi connectivity index (χ4n) is 1.81. The first-order valence-electron chi connectivity index (χ1n) is 7.49. The standard InChI is InChI=1S/C17H23NO5/c1-5-18-17(20)12(3)23-16(19)10-8-13-7-9-14(21-4)15(11-13)22-6-2/h7-12H,5-6H2,1-4H3,(H,18,20)/b10-8+/t12-/m1/s1. The van der Waals surface area contributed by atoms with Crippen LogP contribution in [-0.2, 0) is 14.3 Å². The molecule has 0 aliphatic rings. The van der Waals surface area contributed by atoms with Gasteiger partial charge in [0.2, 0.25) is 0 Å². The molecule has 0 aliphatic carbocycles. The van der Waals surface area contributed by atoms with Crippen LogP contribution in [0.15, 0.2) is 24.3 Å². The van der Waals surface area contributed by atoms with Gasteiger partial charge in [0.1, 0.15) is 0 Å². The molecule has 126 valence electrons. The lowest BCUT2D eigenvalue weighted by molar-refractivity contribution is -0.150. The van der Waals surface area contributed by atoms with E-state index < -0.39 is 12.1 Å². The Morgan fingerprint density at radius 1 is 1.26 bits per heavy atom. The highest BCUT2D eigenvalue weighted by atomic mass is 16.5. The summed E-state index contributed by atoms with van der Waals surface area (Å²) >= 11 is 0. The Morgan fingerprint density at radius 2 is 2.00 bits per heavy atom. The number of likely N-dealkylation sites (N-methyl/N-ethyl adjacent to an activating group) is 1. The molecule has 1 aromatic carbocycles. The Bertz CT molecular complexity index is 568. The van der Waals surface area contributed by atoms with Gasteiger partial charge in [-0.3, -0.25) is 4.79 Å². The molecule has 0 saturated heterocycles. The van der Waals surface area contributed by atoms with Crippen LogP contribution >= 0.6 is 0 Å². The van der Waals surface area contributed by atoms with Gasteiger partial charge in [0.25, 0.3) is 5.91 Å². The maximum atomic E-state index is 11.7. The minimum atomic E-state index is -0.832. The molecule has 1 atom stereocenters. The van der Waals surface area contributed by atoms with Crippen LogP contribution in [0.4, 0.5) is 0 Å². The molecule has 0 bridgehead atoms. The summed E-state index contributed by atoms with van der Waals surface area (Å²) in [5, 5.41) is 2.59. The first-order valence-corrected chi connectivity index (χ1v) is 7.49. The van der Waals surface area contributed by atoms with Crippen molar-refractivity contribution in [2.45, 2.75) is 26.9 Å². The maximum Gasteiger partial charge on any atom is 0.331 e. The van der Waals surface area contributed by atoms with Gasteiger partial charge in [0, 0.05) is 12.6 Å². The van der Waals surface area contributed by atoms with Crippen molar-refractivity contribution in [2.75, 3.05) is 20.3 Å². The predicted octanol–water partition coefficient (Wildman–Crippen LogP) is 2.17. The lowest BCUT2D eigenvalue weighted by Crippen LogP contribution is -2.35. The third-order valence-corrected chi connectivity index (χ3v) is 2.91. The fourth-order valence-corrected chi connectivity index (χ4v) is 1.81. The second-order valence-corrected chi connectivity index (χ2v) is 4.65. The molecule has 1 rings (SSSR count). The highest BCUT2D eigenvalue weighted by Gasteiger charge is 2.15. The molecule has 6 heteroatoms. The van der Waals surface area contributed by atoms with E-state index in [9.17, 15) is 9.59 Å². The zero-order chi connectivity index (χ0) is 17.2. The van der Waals surface area contributed by atoms with E-state index in [1.54, 1.807) is 38.3 Å². The summed E-state index contributed by atoms with van der Waals surface area (Å²) in [5.74, 6) is 0.313. The molecule has 0 aromatic heterocycles. The molecule has 0 fully saturated rings. The molecule has 1 aromatic rings. The van der Waals surface area contributed by atoms with E-state index in [0.717, 1.165) is 5.56 Å². The van der Waals surface area contributed by atoms with Gasteiger partial charge < -0.3 is 19.5 Å².